The number of hydrogen-bond acceptors (Lipinski definition) is 2. The summed E-state index contributed by atoms with van der Waals surface area (Å²) in [4.78, 5) is 25.8. The molecule has 1 aliphatic carbocycles. The molecule has 132 valence electrons. The predicted octanol–water partition coefficient (Wildman–Crippen LogP) is 4.24. The highest BCUT2D eigenvalue weighted by molar-refractivity contribution is 5.93. The lowest BCUT2D eigenvalue weighted by Gasteiger charge is -2.40. The summed E-state index contributed by atoms with van der Waals surface area (Å²) in [6.45, 7) is 7.86. The SMILES string of the molecule is CC(=O)Nc1cc(NC(=O)N(C)C2C(C)CCCC2C)ccc1C. The van der Waals surface area contributed by atoms with Gasteiger partial charge in [0.1, 0.15) is 0 Å². The molecule has 1 aliphatic rings. The Labute approximate surface area is 144 Å². The Balaban J connectivity index is 2.09. The monoisotopic (exact) mass is 331 g/mol. The van der Waals surface area contributed by atoms with Gasteiger partial charge in [-0.1, -0.05) is 26.3 Å². The van der Waals surface area contributed by atoms with Gasteiger partial charge < -0.3 is 15.5 Å². The van der Waals surface area contributed by atoms with E-state index in [9.17, 15) is 9.59 Å². The summed E-state index contributed by atoms with van der Waals surface area (Å²) in [6, 6.07) is 5.72. The molecule has 2 unspecified atom stereocenters. The van der Waals surface area contributed by atoms with Crippen LogP contribution in [0.2, 0.25) is 0 Å². The van der Waals surface area contributed by atoms with Crippen molar-refractivity contribution < 1.29 is 9.59 Å². The van der Waals surface area contributed by atoms with Crippen molar-refractivity contribution in [2.24, 2.45) is 11.8 Å². The quantitative estimate of drug-likeness (QED) is 0.870. The van der Waals surface area contributed by atoms with Crippen LogP contribution in [0.5, 0.6) is 0 Å². The fourth-order valence-corrected chi connectivity index (χ4v) is 3.80. The number of benzene rings is 1. The number of carbonyl (C=O) groups excluding carboxylic acids is 2. The van der Waals surface area contributed by atoms with Gasteiger partial charge in [-0.25, -0.2) is 4.79 Å². The topological polar surface area (TPSA) is 61.4 Å². The van der Waals surface area contributed by atoms with Gasteiger partial charge in [0.15, 0.2) is 0 Å². The molecule has 0 saturated heterocycles. The molecule has 0 heterocycles. The van der Waals surface area contributed by atoms with Crippen molar-refractivity contribution >= 4 is 23.3 Å². The molecule has 5 nitrogen and oxygen atoms in total. The standard InChI is InChI=1S/C19H29N3O2/c1-12-9-10-16(11-17(12)20-15(4)23)21-19(24)22(5)18-13(2)7-6-8-14(18)3/h9-11,13-14,18H,6-8H2,1-5H3,(H,20,23)(H,21,24). The van der Waals surface area contributed by atoms with E-state index < -0.39 is 0 Å². The Bertz CT molecular complexity index is 605. The van der Waals surface area contributed by atoms with Crippen molar-refractivity contribution in [2.75, 3.05) is 17.7 Å². The lowest BCUT2D eigenvalue weighted by atomic mass is 9.78. The minimum Gasteiger partial charge on any atom is -0.326 e. The molecule has 0 radical (unpaired) electrons. The number of anilines is 2. The summed E-state index contributed by atoms with van der Waals surface area (Å²) in [5.74, 6) is 0.901. The average molecular weight is 331 g/mol. The Hall–Kier alpha value is -2.04. The lowest BCUT2D eigenvalue weighted by molar-refractivity contribution is -0.114. The summed E-state index contributed by atoms with van der Waals surface area (Å²) >= 11 is 0. The zero-order valence-corrected chi connectivity index (χ0v) is 15.3. The zero-order chi connectivity index (χ0) is 17.9. The van der Waals surface area contributed by atoms with Crippen molar-refractivity contribution in [3.63, 3.8) is 0 Å². The Morgan fingerprint density at radius 3 is 2.33 bits per heavy atom. The van der Waals surface area contributed by atoms with Crippen LogP contribution in [0, 0.1) is 18.8 Å². The van der Waals surface area contributed by atoms with Crippen LogP contribution >= 0.6 is 0 Å². The van der Waals surface area contributed by atoms with E-state index in [4.69, 9.17) is 0 Å². The van der Waals surface area contributed by atoms with Gasteiger partial charge in [0, 0.05) is 31.4 Å². The van der Waals surface area contributed by atoms with Crippen LogP contribution in [-0.2, 0) is 4.79 Å². The van der Waals surface area contributed by atoms with Gasteiger partial charge in [0.25, 0.3) is 0 Å². The second-order valence-corrected chi connectivity index (χ2v) is 7.13. The minimum atomic E-state index is -0.122. The van der Waals surface area contributed by atoms with Gasteiger partial charge >= 0.3 is 6.03 Å². The summed E-state index contributed by atoms with van der Waals surface area (Å²) in [5.41, 5.74) is 2.38. The van der Waals surface area contributed by atoms with Crippen molar-refractivity contribution in [1.82, 2.24) is 4.90 Å². The van der Waals surface area contributed by atoms with E-state index in [1.807, 2.05) is 31.0 Å². The van der Waals surface area contributed by atoms with E-state index in [1.54, 1.807) is 6.07 Å². The third kappa shape index (κ3) is 4.28. The maximum Gasteiger partial charge on any atom is 0.321 e. The molecule has 1 saturated carbocycles. The van der Waals surface area contributed by atoms with Crippen LogP contribution in [0.1, 0.15) is 45.6 Å². The highest BCUT2D eigenvalue weighted by Gasteiger charge is 2.33. The fraction of sp³-hybridized carbons (Fsp3) is 0.579. The molecular weight excluding hydrogens is 302 g/mol. The number of aryl methyl sites for hydroxylation is 1. The molecule has 0 aromatic heterocycles. The van der Waals surface area contributed by atoms with Crippen molar-refractivity contribution in [3.8, 4) is 0 Å². The van der Waals surface area contributed by atoms with E-state index in [0.29, 0.717) is 17.5 Å². The minimum absolute atomic E-state index is 0.0989. The molecule has 5 heteroatoms. The number of amides is 3. The van der Waals surface area contributed by atoms with Gasteiger partial charge in [0.05, 0.1) is 0 Å². The largest absolute Gasteiger partial charge is 0.326 e. The maximum atomic E-state index is 12.6. The van der Waals surface area contributed by atoms with Crippen LogP contribution in [0.3, 0.4) is 0 Å². The fourth-order valence-electron chi connectivity index (χ4n) is 3.80. The molecule has 24 heavy (non-hydrogen) atoms. The highest BCUT2D eigenvalue weighted by atomic mass is 16.2. The van der Waals surface area contributed by atoms with Crippen LogP contribution < -0.4 is 10.6 Å². The van der Waals surface area contributed by atoms with E-state index in [0.717, 1.165) is 11.3 Å². The van der Waals surface area contributed by atoms with Crippen LogP contribution in [0.15, 0.2) is 18.2 Å². The Morgan fingerprint density at radius 1 is 1.12 bits per heavy atom. The highest BCUT2D eigenvalue weighted by Crippen LogP contribution is 2.32. The Morgan fingerprint density at radius 2 is 1.75 bits per heavy atom. The van der Waals surface area contributed by atoms with Crippen molar-refractivity contribution in [3.05, 3.63) is 23.8 Å². The first-order chi connectivity index (χ1) is 11.3. The van der Waals surface area contributed by atoms with Gasteiger partial charge in [-0.2, -0.15) is 0 Å². The molecule has 2 atom stereocenters. The smallest absolute Gasteiger partial charge is 0.321 e. The number of carbonyl (C=O) groups is 2. The van der Waals surface area contributed by atoms with E-state index in [1.165, 1.54) is 26.2 Å². The zero-order valence-electron chi connectivity index (χ0n) is 15.3. The number of hydrogen-bond donors (Lipinski definition) is 2. The maximum absolute atomic E-state index is 12.6. The molecule has 2 N–H and O–H groups in total. The van der Waals surface area contributed by atoms with Gasteiger partial charge in [0.2, 0.25) is 5.91 Å². The third-order valence-electron chi connectivity index (χ3n) is 5.05. The van der Waals surface area contributed by atoms with Crippen molar-refractivity contribution in [2.45, 2.75) is 53.0 Å². The first-order valence-electron chi connectivity index (χ1n) is 8.71. The molecule has 0 spiro atoms. The first kappa shape index (κ1) is 18.3. The average Bonchev–Trinajstić information content (AvgIpc) is 2.49. The number of rotatable bonds is 3. The number of nitrogens with zero attached hydrogens (tertiary/aromatic N) is 1. The lowest BCUT2D eigenvalue weighted by Crippen LogP contribution is -2.48. The Kier molecular flexibility index (Phi) is 5.86. The number of nitrogens with one attached hydrogen (secondary N) is 2. The molecule has 1 fully saturated rings. The molecule has 2 rings (SSSR count). The molecular formula is C19H29N3O2. The summed E-state index contributed by atoms with van der Waals surface area (Å²) < 4.78 is 0. The van der Waals surface area contributed by atoms with Crippen molar-refractivity contribution in [1.29, 1.82) is 0 Å². The summed E-state index contributed by atoms with van der Waals surface area (Å²) in [5, 5.41) is 5.75. The van der Waals surface area contributed by atoms with E-state index in [2.05, 4.69) is 24.5 Å². The summed E-state index contributed by atoms with van der Waals surface area (Å²) in [7, 11) is 1.88. The van der Waals surface area contributed by atoms with Crippen LogP contribution in [-0.4, -0.2) is 29.9 Å². The molecule has 0 bridgehead atoms. The number of urea groups is 1. The molecule has 1 aromatic rings. The predicted molar refractivity (Wildman–Crippen MR) is 98.2 cm³/mol. The van der Waals surface area contributed by atoms with Crippen LogP contribution in [0.25, 0.3) is 0 Å². The van der Waals surface area contributed by atoms with Crippen LogP contribution in [0.4, 0.5) is 16.2 Å². The van der Waals surface area contributed by atoms with E-state index in [-0.39, 0.29) is 18.0 Å². The van der Waals surface area contributed by atoms with Gasteiger partial charge in [-0.15, -0.1) is 0 Å². The summed E-state index contributed by atoms with van der Waals surface area (Å²) in [6.07, 6.45) is 3.58. The first-order valence-corrected chi connectivity index (χ1v) is 8.71. The van der Waals surface area contributed by atoms with E-state index >= 15 is 0 Å². The van der Waals surface area contributed by atoms with Gasteiger partial charge in [-0.05, 0) is 49.3 Å². The molecule has 3 amide bonds. The second kappa shape index (κ2) is 7.69. The second-order valence-electron chi connectivity index (χ2n) is 7.13. The third-order valence-corrected chi connectivity index (χ3v) is 5.05. The normalized spacial score (nSPS) is 23.5. The van der Waals surface area contributed by atoms with Gasteiger partial charge in [-0.3, -0.25) is 4.79 Å². The molecule has 1 aromatic carbocycles. The molecule has 0 aliphatic heterocycles.